The second-order valence-electron chi connectivity index (χ2n) is 11.6. The maximum Gasteiger partial charge on any atom is 0.306 e. The minimum Gasteiger partial charge on any atom is -0.465 e. The fourth-order valence-electron chi connectivity index (χ4n) is 5.21. The van der Waals surface area contributed by atoms with E-state index in [1.54, 1.807) is 0 Å². The minimum absolute atomic E-state index is 0.0379. The molecule has 0 N–H and O–H groups in total. The third kappa shape index (κ3) is 18.9. The zero-order valence-corrected chi connectivity index (χ0v) is 24.5. The lowest BCUT2D eigenvalue weighted by Gasteiger charge is -2.29. The summed E-state index contributed by atoms with van der Waals surface area (Å²) >= 11 is 0. The second kappa shape index (κ2) is 22.9. The van der Waals surface area contributed by atoms with Crippen LogP contribution in [0.15, 0.2) is 30.3 Å². The Hall–Kier alpha value is -1.31. The van der Waals surface area contributed by atoms with Crippen molar-refractivity contribution in [3.05, 3.63) is 35.9 Å². The lowest BCUT2D eigenvalue weighted by Crippen LogP contribution is -2.25. The van der Waals surface area contributed by atoms with Crippen molar-refractivity contribution >= 4 is 5.97 Å². The van der Waals surface area contributed by atoms with E-state index in [-0.39, 0.29) is 11.4 Å². The van der Waals surface area contributed by atoms with Gasteiger partial charge in [-0.15, -0.1) is 0 Å². The summed E-state index contributed by atoms with van der Waals surface area (Å²) in [5.41, 5.74) is 1.34. The number of rotatable bonds is 25. The number of unbranched alkanes of at least 4 members (excludes halogenated alkanes) is 16. The van der Waals surface area contributed by atoms with E-state index in [0.717, 1.165) is 6.42 Å². The van der Waals surface area contributed by atoms with Crippen LogP contribution in [0.5, 0.6) is 0 Å². The summed E-state index contributed by atoms with van der Waals surface area (Å²) in [5, 5.41) is 0. The highest BCUT2D eigenvalue weighted by Crippen LogP contribution is 2.32. The van der Waals surface area contributed by atoms with E-state index in [1.165, 1.54) is 134 Å². The molecular weight excluding hydrogens is 440 g/mol. The van der Waals surface area contributed by atoms with E-state index in [9.17, 15) is 4.79 Å². The fourth-order valence-corrected chi connectivity index (χ4v) is 5.21. The maximum atomic E-state index is 12.5. The maximum absolute atomic E-state index is 12.5. The largest absolute Gasteiger partial charge is 0.465 e. The van der Waals surface area contributed by atoms with Crippen LogP contribution >= 0.6 is 0 Å². The summed E-state index contributed by atoms with van der Waals surface area (Å²) < 4.78 is 5.85. The average Bonchev–Trinajstić information content (AvgIpc) is 2.89. The SMILES string of the molecule is CCCCCCCCCCCCC(C)(CCCCCCCCCC)COC(=O)CCc1ccccc1. The molecule has 0 heterocycles. The van der Waals surface area contributed by atoms with Gasteiger partial charge in [-0.1, -0.05) is 167 Å². The Morgan fingerprint density at radius 2 is 1.06 bits per heavy atom. The third-order valence-corrected chi connectivity index (χ3v) is 7.81. The Labute approximate surface area is 225 Å². The summed E-state index contributed by atoms with van der Waals surface area (Å²) in [6.45, 7) is 7.53. The van der Waals surface area contributed by atoms with Gasteiger partial charge in [0, 0.05) is 11.8 Å². The Morgan fingerprint density at radius 1 is 0.639 bits per heavy atom. The van der Waals surface area contributed by atoms with Gasteiger partial charge in [-0.05, 0) is 24.8 Å². The molecule has 0 aliphatic heterocycles. The molecule has 1 aromatic rings. The Balaban J connectivity index is 2.32. The number of hydrogen-bond acceptors (Lipinski definition) is 2. The van der Waals surface area contributed by atoms with Crippen molar-refractivity contribution in [1.29, 1.82) is 0 Å². The van der Waals surface area contributed by atoms with Gasteiger partial charge in [0.25, 0.3) is 0 Å². The van der Waals surface area contributed by atoms with Crippen molar-refractivity contribution < 1.29 is 9.53 Å². The van der Waals surface area contributed by atoms with Crippen LogP contribution in [0.2, 0.25) is 0 Å². The van der Waals surface area contributed by atoms with E-state index in [2.05, 4.69) is 32.9 Å². The zero-order chi connectivity index (χ0) is 26.2. The number of ether oxygens (including phenoxy) is 1. The van der Waals surface area contributed by atoms with Crippen LogP contribution in [0.1, 0.15) is 161 Å². The first-order chi connectivity index (χ1) is 17.6. The van der Waals surface area contributed by atoms with Crippen LogP contribution in [0.4, 0.5) is 0 Å². The lowest BCUT2D eigenvalue weighted by molar-refractivity contribution is -0.147. The second-order valence-corrected chi connectivity index (χ2v) is 11.6. The van der Waals surface area contributed by atoms with Crippen LogP contribution in [0.25, 0.3) is 0 Å². The highest BCUT2D eigenvalue weighted by atomic mass is 16.5. The Morgan fingerprint density at radius 3 is 1.50 bits per heavy atom. The van der Waals surface area contributed by atoms with Crippen LogP contribution in [0.3, 0.4) is 0 Å². The fraction of sp³-hybridized carbons (Fsp3) is 0.794. The molecule has 1 aromatic carbocycles. The molecule has 0 aromatic heterocycles. The molecule has 0 bridgehead atoms. The molecule has 0 radical (unpaired) electrons. The van der Waals surface area contributed by atoms with E-state index in [1.807, 2.05) is 18.2 Å². The first-order valence-electron chi connectivity index (χ1n) is 15.8. The van der Waals surface area contributed by atoms with Gasteiger partial charge in [0.1, 0.15) is 0 Å². The first-order valence-corrected chi connectivity index (χ1v) is 15.8. The molecule has 2 nitrogen and oxygen atoms in total. The van der Waals surface area contributed by atoms with E-state index in [4.69, 9.17) is 4.74 Å². The van der Waals surface area contributed by atoms with Crippen molar-refractivity contribution in [2.45, 2.75) is 162 Å². The summed E-state index contributed by atoms with van der Waals surface area (Å²) in [6, 6.07) is 10.3. The zero-order valence-electron chi connectivity index (χ0n) is 24.5. The van der Waals surface area contributed by atoms with Gasteiger partial charge in [-0.2, -0.15) is 0 Å². The van der Waals surface area contributed by atoms with Gasteiger partial charge in [0.15, 0.2) is 0 Å². The predicted octanol–water partition coefficient (Wildman–Crippen LogP) is 11.0. The molecule has 0 aliphatic carbocycles. The van der Waals surface area contributed by atoms with Gasteiger partial charge < -0.3 is 4.74 Å². The molecule has 1 atom stereocenters. The molecule has 0 aliphatic rings. The monoisotopic (exact) mass is 500 g/mol. The number of hydrogen-bond donors (Lipinski definition) is 0. The van der Waals surface area contributed by atoms with E-state index in [0.29, 0.717) is 13.0 Å². The molecule has 0 saturated heterocycles. The number of aryl methyl sites for hydroxylation is 1. The van der Waals surface area contributed by atoms with Crippen molar-refractivity contribution in [1.82, 2.24) is 0 Å². The van der Waals surface area contributed by atoms with E-state index < -0.39 is 0 Å². The molecule has 1 unspecified atom stereocenters. The molecule has 0 amide bonds. The summed E-state index contributed by atoms with van der Waals surface area (Å²) in [7, 11) is 0. The van der Waals surface area contributed by atoms with Crippen molar-refractivity contribution in [3.63, 3.8) is 0 Å². The number of esters is 1. The number of benzene rings is 1. The van der Waals surface area contributed by atoms with Gasteiger partial charge >= 0.3 is 5.97 Å². The number of carbonyl (C=O) groups excluding carboxylic acids is 1. The quantitative estimate of drug-likeness (QED) is 0.0985. The standard InChI is InChI=1S/C34H60O2/c1-4-6-8-10-12-14-15-17-19-24-30-34(3,29-23-18-16-13-11-9-7-5-2)31-36-33(35)28-27-32-25-21-20-22-26-32/h20-22,25-26H,4-19,23-24,27-31H2,1-3H3. The molecular formula is C34H60O2. The average molecular weight is 501 g/mol. The number of carbonyl (C=O) groups is 1. The molecule has 2 heteroatoms. The Kier molecular flexibility index (Phi) is 20.8. The van der Waals surface area contributed by atoms with Crippen LogP contribution in [0, 0.1) is 5.41 Å². The molecule has 0 spiro atoms. The van der Waals surface area contributed by atoms with Crippen molar-refractivity contribution in [3.8, 4) is 0 Å². The van der Waals surface area contributed by atoms with Crippen LogP contribution in [-0.4, -0.2) is 12.6 Å². The molecule has 36 heavy (non-hydrogen) atoms. The van der Waals surface area contributed by atoms with Crippen molar-refractivity contribution in [2.75, 3.05) is 6.61 Å². The summed E-state index contributed by atoms with van der Waals surface area (Å²) in [5.74, 6) is -0.0379. The Bertz CT molecular complexity index is 611. The third-order valence-electron chi connectivity index (χ3n) is 7.81. The summed E-state index contributed by atoms with van der Waals surface area (Å²) in [6.07, 6.45) is 28.1. The first kappa shape index (κ1) is 32.7. The van der Waals surface area contributed by atoms with Gasteiger partial charge in [-0.3, -0.25) is 4.79 Å². The van der Waals surface area contributed by atoms with Crippen LogP contribution in [-0.2, 0) is 16.0 Å². The topological polar surface area (TPSA) is 26.3 Å². The predicted molar refractivity (Wildman–Crippen MR) is 158 cm³/mol. The minimum atomic E-state index is -0.0379. The van der Waals surface area contributed by atoms with Crippen molar-refractivity contribution in [2.24, 2.45) is 5.41 Å². The van der Waals surface area contributed by atoms with Gasteiger partial charge in [-0.25, -0.2) is 0 Å². The van der Waals surface area contributed by atoms with E-state index >= 15 is 0 Å². The highest BCUT2D eigenvalue weighted by Gasteiger charge is 2.25. The molecule has 208 valence electrons. The van der Waals surface area contributed by atoms with Gasteiger partial charge in [0.05, 0.1) is 6.61 Å². The molecule has 0 saturated carbocycles. The highest BCUT2D eigenvalue weighted by molar-refractivity contribution is 5.69. The molecule has 1 rings (SSSR count). The molecule has 0 fully saturated rings. The lowest BCUT2D eigenvalue weighted by atomic mass is 9.80. The smallest absolute Gasteiger partial charge is 0.306 e. The van der Waals surface area contributed by atoms with Crippen LogP contribution < -0.4 is 0 Å². The summed E-state index contributed by atoms with van der Waals surface area (Å²) in [4.78, 5) is 12.5. The van der Waals surface area contributed by atoms with Gasteiger partial charge in [0.2, 0.25) is 0 Å². The normalized spacial score (nSPS) is 13.0.